The monoisotopic (exact) mass is 487 g/mol. The van der Waals surface area contributed by atoms with Gasteiger partial charge in [-0.3, -0.25) is 4.90 Å². The summed E-state index contributed by atoms with van der Waals surface area (Å²) in [5, 5.41) is 0. The van der Waals surface area contributed by atoms with Crippen LogP contribution in [0.15, 0.2) is 0 Å². The maximum atomic E-state index is 5.96. The Morgan fingerprint density at radius 2 is 1.03 bits per heavy atom. The van der Waals surface area contributed by atoms with Gasteiger partial charge in [0, 0.05) is 65.1 Å². The minimum absolute atomic E-state index is 0.677. The first kappa shape index (κ1) is 31.0. The van der Waals surface area contributed by atoms with Gasteiger partial charge >= 0.3 is 8.80 Å². The molecule has 0 amide bonds. The van der Waals surface area contributed by atoms with Crippen LogP contribution in [0.4, 0.5) is 0 Å². The zero-order chi connectivity index (χ0) is 24.2. The lowest BCUT2D eigenvalue weighted by Gasteiger charge is -2.35. The molecule has 0 radical (unpaired) electrons. The Bertz CT molecular complexity index is 414. The van der Waals surface area contributed by atoms with Crippen LogP contribution in [0, 0.1) is 0 Å². The molecule has 0 aromatic carbocycles. The van der Waals surface area contributed by atoms with Gasteiger partial charge in [-0.05, 0) is 66.1 Å². The Kier molecular flexibility index (Phi) is 19.0. The van der Waals surface area contributed by atoms with Crippen molar-refractivity contribution in [3.8, 4) is 0 Å². The lowest BCUT2D eigenvalue weighted by atomic mass is 10.1. The molecule has 1 saturated heterocycles. The standard InChI is InChI=1S/C26H57N3O3Si/c1-6-17-27(18-7-2)20-23-29-24-21-28(22-25-29)19-15-13-11-12-14-16-26-33(30-8-3,31-9-4)32-10-5/h6-26H2,1-5H3. The number of hydrogen-bond acceptors (Lipinski definition) is 6. The van der Waals surface area contributed by atoms with E-state index in [1.54, 1.807) is 0 Å². The lowest BCUT2D eigenvalue weighted by Crippen LogP contribution is -2.48. The van der Waals surface area contributed by atoms with E-state index >= 15 is 0 Å². The van der Waals surface area contributed by atoms with Crippen molar-refractivity contribution in [1.82, 2.24) is 14.7 Å². The first-order valence-corrected chi connectivity index (χ1v) is 16.1. The predicted molar refractivity (Wildman–Crippen MR) is 143 cm³/mol. The Morgan fingerprint density at radius 1 is 0.576 bits per heavy atom. The van der Waals surface area contributed by atoms with Gasteiger partial charge < -0.3 is 23.1 Å². The van der Waals surface area contributed by atoms with Gasteiger partial charge in [-0.25, -0.2) is 0 Å². The van der Waals surface area contributed by atoms with Crippen LogP contribution >= 0.6 is 0 Å². The molecule has 198 valence electrons. The number of rotatable bonds is 22. The quantitative estimate of drug-likeness (QED) is 0.156. The third kappa shape index (κ3) is 14.2. The van der Waals surface area contributed by atoms with Crippen molar-refractivity contribution < 1.29 is 13.3 Å². The lowest BCUT2D eigenvalue weighted by molar-refractivity contribution is 0.0706. The average Bonchev–Trinajstić information content (AvgIpc) is 2.81. The Balaban J connectivity index is 2.07. The molecule has 0 unspecified atom stereocenters. The summed E-state index contributed by atoms with van der Waals surface area (Å²) in [6, 6.07) is 0.960. The summed E-state index contributed by atoms with van der Waals surface area (Å²) in [4.78, 5) is 7.99. The molecule has 6 nitrogen and oxygen atoms in total. The molecular weight excluding hydrogens is 430 g/mol. The fraction of sp³-hybridized carbons (Fsp3) is 1.00. The molecule has 0 N–H and O–H groups in total. The summed E-state index contributed by atoms with van der Waals surface area (Å²) in [7, 11) is -2.43. The van der Waals surface area contributed by atoms with Gasteiger partial charge in [0.1, 0.15) is 0 Å². The van der Waals surface area contributed by atoms with E-state index in [0.29, 0.717) is 19.8 Å². The van der Waals surface area contributed by atoms with E-state index in [-0.39, 0.29) is 0 Å². The van der Waals surface area contributed by atoms with Gasteiger partial charge in [0.05, 0.1) is 0 Å². The second-order valence-electron chi connectivity index (χ2n) is 9.38. The summed E-state index contributed by atoms with van der Waals surface area (Å²) in [5.41, 5.74) is 0. The minimum Gasteiger partial charge on any atom is -0.374 e. The number of nitrogens with zero attached hydrogens (tertiary/aromatic N) is 3. The number of hydrogen-bond donors (Lipinski definition) is 0. The molecule has 33 heavy (non-hydrogen) atoms. The molecule has 1 fully saturated rings. The summed E-state index contributed by atoms with van der Waals surface area (Å²) in [6.45, 7) is 24.0. The second kappa shape index (κ2) is 20.2. The molecule has 1 aliphatic rings. The zero-order valence-corrected chi connectivity index (χ0v) is 23.9. The molecular formula is C26H57N3O3Si. The van der Waals surface area contributed by atoms with Crippen LogP contribution in [0.1, 0.15) is 86.0 Å². The van der Waals surface area contributed by atoms with E-state index in [4.69, 9.17) is 13.3 Å². The topological polar surface area (TPSA) is 37.4 Å². The van der Waals surface area contributed by atoms with Crippen molar-refractivity contribution >= 4 is 8.80 Å². The molecule has 0 spiro atoms. The minimum atomic E-state index is -2.43. The zero-order valence-electron chi connectivity index (χ0n) is 22.9. The summed E-state index contributed by atoms with van der Waals surface area (Å²) in [5.74, 6) is 0. The highest BCUT2D eigenvalue weighted by molar-refractivity contribution is 6.60. The summed E-state index contributed by atoms with van der Waals surface area (Å²) in [6.07, 6.45) is 10.3. The smallest absolute Gasteiger partial charge is 0.374 e. The van der Waals surface area contributed by atoms with E-state index in [1.807, 2.05) is 20.8 Å². The summed E-state index contributed by atoms with van der Waals surface area (Å²) >= 11 is 0. The highest BCUT2D eigenvalue weighted by Crippen LogP contribution is 2.20. The normalized spacial score (nSPS) is 16.2. The van der Waals surface area contributed by atoms with Gasteiger partial charge in [0.15, 0.2) is 0 Å². The van der Waals surface area contributed by atoms with Crippen molar-refractivity contribution in [3.05, 3.63) is 0 Å². The van der Waals surface area contributed by atoms with Gasteiger partial charge in [-0.15, -0.1) is 0 Å². The first-order valence-electron chi connectivity index (χ1n) is 14.2. The molecule has 0 atom stereocenters. The Morgan fingerprint density at radius 3 is 1.52 bits per heavy atom. The molecule has 0 saturated carbocycles. The van der Waals surface area contributed by atoms with Crippen molar-refractivity contribution in [3.63, 3.8) is 0 Å². The fourth-order valence-electron chi connectivity index (χ4n) is 4.87. The summed E-state index contributed by atoms with van der Waals surface area (Å²) < 4.78 is 17.9. The largest absolute Gasteiger partial charge is 0.500 e. The first-order chi connectivity index (χ1) is 16.1. The van der Waals surface area contributed by atoms with Gasteiger partial charge in [-0.2, -0.15) is 0 Å². The van der Waals surface area contributed by atoms with Crippen molar-refractivity contribution in [2.45, 2.75) is 92.0 Å². The van der Waals surface area contributed by atoms with Crippen molar-refractivity contribution in [1.29, 1.82) is 0 Å². The fourth-order valence-corrected chi connectivity index (χ4v) is 7.56. The van der Waals surface area contributed by atoms with Gasteiger partial charge in [0.25, 0.3) is 0 Å². The van der Waals surface area contributed by atoms with E-state index in [1.165, 1.54) is 104 Å². The highest BCUT2D eigenvalue weighted by Gasteiger charge is 2.39. The Labute approximate surface area is 207 Å². The maximum absolute atomic E-state index is 5.96. The van der Waals surface area contributed by atoms with Crippen LogP contribution in [0.2, 0.25) is 6.04 Å². The van der Waals surface area contributed by atoms with Crippen LogP contribution in [0.5, 0.6) is 0 Å². The van der Waals surface area contributed by atoms with Crippen LogP contribution in [0.3, 0.4) is 0 Å². The van der Waals surface area contributed by atoms with E-state index in [2.05, 4.69) is 28.5 Å². The van der Waals surface area contributed by atoms with E-state index in [0.717, 1.165) is 12.5 Å². The van der Waals surface area contributed by atoms with Crippen molar-refractivity contribution in [2.75, 3.05) is 78.7 Å². The molecule has 0 bridgehead atoms. The molecule has 7 heteroatoms. The van der Waals surface area contributed by atoms with Crippen LogP contribution in [-0.4, -0.2) is 102 Å². The van der Waals surface area contributed by atoms with Crippen LogP contribution < -0.4 is 0 Å². The molecule has 1 heterocycles. The predicted octanol–water partition coefficient (Wildman–Crippen LogP) is 5.12. The number of unbranched alkanes of at least 4 members (excludes halogenated alkanes) is 5. The third-order valence-corrected chi connectivity index (χ3v) is 9.73. The van der Waals surface area contributed by atoms with Gasteiger partial charge in [-0.1, -0.05) is 39.5 Å². The highest BCUT2D eigenvalue weighted by atomic mass is 28.4. The molecule has 0 aliphatic carbocycles. The molecule has 0 aromatic heterocycles. The van der Waals surface area contributed by atoms with Gasteiger partial charge in [0.2, 0.25) is 0 Å². The molecule has 0 aromatic rings. The Hall–Kier alpha value is -0.0231. The van der Waals surface area contributed by atoms with Crippen LogP contribution in [-0.2, 0) is 13.3 Å². The average molecular weight is 488 g/mol. The van der Waals surface area contributed by atoms with E-state index in [9.17, 15) is 0 Å². The maximum Gasteiger partial charge on any atom is 0.500 e. The van der Waals surface area contributed by atoms with Crippen LogP contribution in [0.25, 0.3) is 0 Å². The SMILES string of the molecule is CCCN(CCC)CCN1CCN(CCCCCCCC[Si](OCC)(OCC)OCC)CC1. The van der Waals surface area contributed by atoms with Crippen molar-refractivity contribution in [2.24, 2.45) is 0 Å². The third-order valence-electron chi connectivity index (χ3n) is 6.58. The number of piperazine rings is 1. The second-order valence-corrected chi connectivity index (χ2v) is 12.1. The molecule has 1 rings (SSSR count). The molecule has 1 aliphatic heterocycles. The van der Waals surface area contributed by atoms with E-state index < -0.39 is 8.80 Å².